The highest BCUT2D eigenvalue weighted by Gasteiger charge is 2.31. The Morgan fingerprint density at radius 2 is 1.52 bits per heavy atom. The molecule has 2 N–H and O–H groups in total. The van der Waals surface area contributed by atoms with Crippen molar-refractivity contribution >= 4 is 5.91 Å². The molecule has 138 valence electrons. The van der Waals surface area contributed by atoms with E-state index in [0.717, 1.165) is 58.0 Å². The van der Waals surface area contributed by atoms with Gasteiger partial charge in [0.05, 0.1) is 5.92 Å². The molecule has 0 aliphatic carbocycles. The number of unbranched alkanes of at least 4 members (excludes halogenated alkanes) is 3. The lowest BCUT2D eigenvalue weighted by Gasteiger charge is -2.33. The van der Waals surface area contributed by atoms with Crippen molar-refractivity contribution in [2.45, 2.75) is 85.8 Å². The highest BCUT2D eigenvalue weighted by atomic mass is 16.3. The van der Waals surface area contributed by atoms with Crippen LogP contribution in [0.5, 0.6) is 0 Å². The Bertz CT molecular complexity index is 287. The summed E-state index contributed by atoms with van der Waals surface area (Å²) < 4.78 is 0. The summed E-state index contributed by atoms with van der Waals surface area (Å²) in [5, 5.41) is 13.9. The minimum Gasteiger partial charge on any atom is -0.378 e. The van der Waals surface area contributed by atoms with E-state index in [0.29, 0.717) is 12.5 Å². The van der Waals surface area contributed by atoms with Crippen LogP contribution in [0.4, 0.5) is 0 Å². The zero-order valence-corrected chi connectivity index (χ0v) is 16.1. The molecule has 0 aromatic carbocycles. The van der Waals surface area contributed by atoms with Gasteiger partial charge >= 0.3 is 0 Å². The van der Waals surface area contributed by atoms with Crippen molar-refractivity contribution in [3.05, 3.63) is 0 Å². The Kier molecular flexibility index (Phi) is 13.4. The molecule has 0 aromatic rings. The molecule has 0 heterocycles. The van der Waals surface area contributed by atoms with Gasteiger partial charge in [-0.25, -0.2) is 0 Å². The lowest BCUT2D eigenvalue weighted by molar-refractivity contribution is -0.136. The van der Waals surface area contributed by atoms with Crippen LogP contribution in [0.3, 0.4) is 0 Å². The van der Waals surface area contributed by atoms with E-state index in [-0.39, 0.29) is 11.8 Å². The molecule has 4 nitrogen and oxygen atoms in total. The van der Waals surface area contributed by atoms with E-state index < -0.39 is 6.23 Å². The second-order valence-electron chi connectivity index (χ2n) is 7.04. The Labute approximate surface area is 144 Å². The summed E-state index contributed by atoms with van der Waals surface area (Å²) in [5.74, 6) is 0.0731. The zero-order chi connectivity index (χ0) is 17.7. The second kappa shape index (κ2) is 13.8. The van der Waals surface area contributed by atoms with Crippen LogP contribution in [0, 0.1) is 11.8 Å². The van der Waals surface area contributed by atoms with Crippen LogP contribution < -0.4 is 5.32 Å². The van der Waals surface area contributed by atoms with Gasteiger partial charge in [0.25, 0.3) is 0 Å². The molecular formula is C19H40N2O2. The van der Waals surface area contributed by atoms with Gasteiger partial charge in [0, 0.05) is 19.6 Å². The monoisotopic (exact) mass is 328 g/mol. The van der Waals surface area contributed by atoms with Gasteiger partial charge in [0.15, 0.2) is 0 Å². The lowest BCUT2D eigenvalue weighted by Crippen LogP contribution is -2.48. The standard InChI is InChI=1S/C19H40N2O2/c1-6-9-12-20-18(22)17(15-16(4)5)19(23)21(13-10-7-2)14-11-8-3/h16-17,19,23H,6-15H2,1-5H3,(H,20,22). The molecular weight excluding hydrogens is 288 g/mol. The van der Waals surface area contributed by atoms with Crippen LogP contribution in [0.15, 0.2) is 0 Å². The number of nitrogens with zero attached hydrogens (tertiary/aromatic N) is 1. The van der Waals surface area contributed by atoms with Gasteiger partial charge in [-0.3, -0.25) is 9.69 Å². The maximum atomic E-state index is 12.5. The molecule has 0 bridgehead atoms. The molecule has 0 aliphatic heterocycles. The molecule has 0 rings (SSSR count). The summed E-state index contributed by atoms with van der Waals surface area (Å²) in [6, 6.07) is 0. The molecule has 0 fully saturated rings. The summed E-state index contributed by atoms with van der Waals surface area (Å²) in [5.41, 5.74) is 0. The van der Waals surface area contributed by atoms with Gasteiger partial charge in [0.2, 0.25) is 5.91 Å². The van der Waals surface area contributed by atoms with Crippen LogP contribution in [-0.4, -0.2) is 41.8 Å². The minimum atomic E-state index is -0.669. The molecule has 0 radical (unpaired) electrons. The summed E-state index contributed by atoms with van der Waals surface area (Å²) in [4.78, 5) is 14.7. The van der Waals surface area contributed by atoms with Crippen LogP contribution in [0.25, 0.3) is 0 Å². The van der Waals surface area contributed by atoms with Crippen LogP contribution in [-0.2, 0) is 4.79 Å². The number of hydrogen-bond acceptors (Lipinski definition) is 3. The number of carbonyl (C=O) groups excluding carboxylic acids is 1. The lowest BCUT2D eigenvalue weighted by atomic mass is 9.93. The first-order chi connectivity index (χ1) is 11.0. The van der Waals surface area contributed by atoms with Crippen molar-refractivity contribution in [2.24, 2.45) is 11.8 Å². The molecule has 2 unspecified atom stereocenters. The van der Waals surface area contributed by atoms with E-state index in [1.165, 1.54) is 0 Å². The molecule has 0 saturated heterocycles. The predicted molar refractivity (Wildman–Crippen MR) is 98.3 cm³/mol. The number of aliphatic hydroxyl groups is 1. The van der Waals surface area contributed by atoms with Crippen molar-refractivity contribution in [3.8, 4) is 0 Å². The van der Waals surface area contributed by atoms with Gasteiger partial charge in [0.1, 0.15) is 6.23 Å². The van der Waals surface area contributed by atoms with E-state index in [2.05, 4.69) is 44.8 Å². The maximum Gasteiger partial charge on any atom is 0.227 e. The number of aliphatic hydroxyl groups excluding tert-OH is 1. The van der Waals surface area contributed by atoms with Gasteiger partial charge in [-0.2, -0.15) is 0 Å². The number of nitrogens with one attached hydrogen (secondary N) is 1. The smallest absolute Gasteiger partial charge is 0.227 e. The summed E-state index contributed by atoms with van der Waals surface area (Å²) >= 11 is 0. The zero-order valence-electron chi connectivity index (χ0n) is 16.1. The third-order valence-electron chi connectivity index (χ3n) is 4.22. The average molecular weight is 329 g/mol. The van der Waals surface area contributed by atoms with Crippen LogP contribution >= 0.6 is 0 Å². The quantitative estimate of drug-likeness (QED) is 0.377. The molecule has 23 heavy (non-hydrogen) atoms. The Hall–Kier alpha value is -0.610. The number of hydrogen-bond donors (Lipinski definition) is 2. The fraction of sp³-hybridized carbons (Fsp3) is 0.947. The van der Waals surface area contributed by atoms with Crippen molar-refractivity contribution in [3.63, 3.8) is 0 Å². The number of carbonyl (C=O) groups is 1. The minimum absolute atomic E-state index is 0.0117. The summed E-state index contributed by atoms with van der Waals surface area (Å²) in [6.45, 7) is 13.1. The van der Waals surface area contributed by atoms with Crippen molar-refractivity contribution < 1.29 is 9.90 Å². The first-order valence-corrected chi connectivity index (χ1v) is 9.67. The van der Waals surface area contributed by atoms with E-state index in [1.54, 1.807) is 0 Å². The number of rotatable bonds is 14. The van der Waals surface area contributed by atoms with Crippen molar-refractivity contribution in [1.29, 1.82) is 0 Å². The Balaban J connectivity index is 4.87. The maximum absolute atomic E-state index is 12.5. The second-order valence-corrected chi connectivity index (χ2v) is 7.04. The number of amides is 1. The molecule has 0 saturated carbocycles. The van der Waals surface area contributed by atoms with Gasteiger partial charge in [-0.1, -0.05) is 53.9 Å². The molecule has 2 atom stereocenters. The fourth-order valence-corrected chi connectivity index (χ4v) is 2.74. The summed E-state index contributed by atoms with van der Waals surface area (Å²) in [6.07, 6.45) is 6.45. The predicted octanol–water partition coefficient (Wildman–Crippen LogP) is 3.79. The van der Waals surface area contributed by atoms with Crippen LogP contribution in [0.1, 0.15) is 79.6 Å². The average Bonchev–Trinajstić information content (AvgIpc) is 2.52. The van der Waals surface area contributed by atoms with E-state index >= 15 is 0 Å². The van der Waals surface area contributed by atoms with E-state index in [4.69, 9.17) is 0 Å². The molecule has 4 heteroatoms. The fourth-order valence-electron chi connectivity index (χ4n) is 2.74. The molecule has 0 aromatic heterocycles. The largest absolute Gasteiger partial charge is 0.378 e. The topological polar surface area (TPSA) is 52.6 Å². The summed E-state index contributed by atoms with van der Waals surface area (Å²) in [7, 11) is 0. The van der Waals surface area contributed by atoms with Gasteiger partial charge in [-0.15, -0.1) is 0 Å². The third kappa shape index (κ3) is 9.98. The Morgan fingerprint density at radius 3 is 1.96 bits per heavy atom. The normalized spacial score (nSPS) is 14.3. The molecule has 0 aliphatic rings. The van der Waals surface area contributed by atoms with Crippen LogP contribution in [0.2, 0.25) is 0 Å². The van der Waals surface area contributed by atoms with Gasteiger partial charge in [-0.05, 0) is 31.6 Å². The third-order valence-corrected chi connectivity index (χ3v) is 4.22. The van der Waals surface area contributed by atoms with Crippen molar-refractivity contribution in [1.82, 2.24) is 10.2 Å². The molecule has 1 amide bonds. The molecule has 0 spiro atoms. The van der Waals surface area contributed by atoms with Crippen molar-refractivity contribution in [2.75, 3.05) is 19.6 Å². The van der Waals surface area contributed by atoms with E-state index in [9.17, 15) is 9.90 Å². The Morgan fingerprint density at radius 1 is 1.00 bits per heavy atom. The highest BCUT2D eigenvalue weighted by molar-refractivity contribution is 5.79. The van der Waals surface area contributed by atoms with E-state index in [1.807, 2.05) is 0 Å². The first kappa shape index (κ1) is 22.4. The first-order valence-electron chi connectivity index (χ1n) is 9.67. The highest BCUT2D eigenvalue weighted by Crippen LogP contribution is 2.20. The SMILES string of the molecule is CCCCNC(=O)C(CC(C)C)C(O)N(CCCC)CCCC. The van der Waals surface area contributed by atoms with Gasteiger partial charge < -0.3 is 10.4 Å².